The largest absolute Gasteiger partial charge is 0.338 e. The molecular weight excluding hydrogens is 372 g/mol. The van der Waals surface area contributed by atoms with E-state index in [9.17, 15) is 9.59 Å². The Hall–Kier alpha value is -2.28. The number of nitrogens with one attached hydrogen (secondary N) is 1. The average molecular weight is 401 g/mol. The summed E-state index contributed by atoms with van der Waals surface area (Å²) < 4.78 is 0. The number of nitrogens with zero attached hydrogens (tertiary/aromatic N) is 3. The molecule has 0 spiro atoms. The van der Waals surface area contributed by atoms with E-state index in [4.69, 9.17) is 0 Å². The predicted octanol–water partition coefficient (Wildman–Crippen LogP) is 3.99. The summed E-state index contributed by atoms with van der Waals surface area (Å²) in [6.07, 6.45) is 4.68. The van der Waals surface area contributed by atoms with E-state index >= 15 is 0 Å². The van der Waals surface area contributed by atoms with Gasteiger partial charge in [-0.05, 0) is 45.2 Å². The molecule has 2 amide bonds. The molecule has 1 unspecified atom stereocenters. The summed E-state index contributed by atoms with van der Waals surface area (Å²) in [5, 5.41) is 12.6. The molecule has 28 heavy (non-hydrogen) atoms. The van der Waals surface area contributed by atoms with Crippen LogP contribution in [0, 0.1) is 19.8 Å². The predicted molar refractivity (Wildman–Crippen MR) is 112 cm³/mol. The van der Waals surface area contributed by atoms with Crippen molar-refractivity contribution in [3.8, 4) is 0 Å². The number of likely N-dealkylation sites (tertiary alicyclic amines) is 1. The van der Waals surface area contributed by atoms with Gasteiger partial charge < -0.3 is 10.2 Å². The van der Waals surface area contributed by atoms with Crippen molar-refractivity contribution in [3.63, 3.8) is 0 Å². The van der Waals surface area contributed by atoms with Crippen LogP contribution in [0.25, 0.3) is 0 Å². The van der Waals surface area contributed by atoms with Crippen molar-refractivity contribution in [1.29, 1.82) is 0 Å². The van der Waals surface area contributed by atoms with Gasteiger partial charge in [0, 0.05) is 25.1 Å². The molecular formula is C21H28N4O2S. The van der Waals surface area contributed by atoms with Gasteiger partial charge in [-0.15, -0.1) is 10.2 Å². The molecule has 2 heterocycles. The minimum atomic E-state index is -0.216. The third-order valence-electron chi connectivity index (χ3n) is 4.99. The van der Waals surface area contributed by atoms with E-state index < -0.39 is 0 Å². The molecule has 1 aromatic carbocycles. The van der Waals surface area contributed by atoms with Gasteiger partial charge in [0.05, 0.1) is 5.92 Å². The van der Waals surface area contributed by atoms with E-state index in [2.05, 4.69) is 28.5 Å². The lowest BCUT2D eigenvalue weighted by atomic mass is 9.96. The summed E-state index contributed by atoms with van der Waals surface area (Å²) in [6, 6.07) is 5.89. The summed E-state index contributed by atoms with van der Waals surface area (Å²) in [7, 11) is 0. The van der Waals surface area contributed by atoms with Crippen LogP contribution < -0.4 is 5.32 Å². The van der Waals surface area contributed by atoms with Gasteiger partial charge >= 0.3 is 0 Å². The Balaban J connectivity index is 1.61. The van der Waals surface area contributed by atoms with Crippen LogP contribution in [-0.2, 0) is 11.2 Å². The number of unbranched alkanes of at least 4 members (excludes halogenated alkanes) is 1. The number of carbonyl (C=O) groups is 2. The number of hydrogen-bond donors (Lipinski definition) is 1. The van der Waals surface area contributed by atoms with Gasteiger partial charge in [0.15, 0.2) is 0 Å². The molecule has 1 N–H and O–H groups in total. The number of amides is 2. The fourth-order valence-electron chi connectivity index (χ4n) is 3.60. The van der Waals surface area contributed by atoms with Crippen molar-refractivity contribution in [2.75, 3.05) is 18.4 Å². The molecule has 1 fully saturated rings. The van der Waals surface area contributed by atoms with Gasteiger partial charge in [0.25, 0.3) is 5.91 Å². The maximum atomic E-state index is 12.9. The zero-order valence-corrected chi connectivity index (χ0v) is 17.6. The summed E-state index contributed by atoms with van der Waals surface area (Å²) >= 11 is 1.44. The number of hydrogen-bond acceptors (Lipinski definition) is 5. The van der Waals surface area contributed by atoms with Gasteiger partial charge in [0.2, 0.25) is 11.0 Å². The summed E-state index contributed by atoms with van der Waals surface area (Å²) in [5.74, 6) is -0.287. The number of piperidine rings is 1. The second-order valence-electron chi connectivity index (χ2n) is 7.56. The van der Waals surface area contributed by atoms with Gasteiger partial charge in [-0.3, -0.25) is 9.59 Å². The zero-order chi connectivity index (χ0) is 20.1. The van der Waals surface area contributed by atoms with Crippen molar-refractivity contribution in [3.05, 3.63) is 39.9 Å². The standard InChI is InChI=1S/C21H28N4O2S/c1-4-5-8-18-23-24-21(28-18)22-19(26)16-7-6-9-25(13-16)20(27)17-11-14(2)10-15(3)12-17/h10-12,16H,4-9,13H2,1-3H3,(H,22,24,26). The highest BCUT2D eigenvalue weighted by Crippen LogP contribution is 2.23. The Morgan fingerprint density at radius 3 is 2.68 bits per heavy atom. The molecule has 0 aliphatic carbocycles. The molecule has 0 saturated carbocycles. The van der Waals surface area contributed by atoms with Crippen LogP contribution in [0.4, 0.5) is 5.13 Å². The zero-order valence-electron chi connectivity index (χ0n) is 16.8. The highest BCUT2D eigenvalue weighted by Gasteiger charge is 2.29. The Bertz CT molecular complexity index is 828. The van der Waals surface area contributed by atoms with Crippen LogP contribution >= 0.6 is 11.3 Å². The fourth-order valence-corrected chi connectivity index (χ4v) is 4.38. The maximum absolute atomic E-state index is 12.9. The highest BCUT2D eigenvalue weighted by atomic mass is 32.1. The number of anilines is 1. The summed E-state index contributed by atoms with van der Waals surface area (Å²) in [4.78, 5) is 27.4. The number of rotatable bonds is 6. The molecule has 6 nitrogen and oxygen atoms in total. The van der Waals surface area contributed by atoms with Crippen LogP contribution in [0.15, 0.2) is 18.2 Å². The highest BCUT2D eigenvalue weighted by molar-refractivity contribution is 7.15. The molecule has 1 aromatic heterocycles. The maximum Gasteiger partial charge on any atom is 0.253 e. The van der Waals surface area contributed by atoms with Crippen LogP contribution in [0.3, 0.4) is 0 Å². The second kappa shape index (κ2) is 9.28. The van der Waals surface area contributed by atoms with Crippen LogP contribution in [0.1, 0.15) is 59.1 Å². The van der Waals surface area contributed by atoms with Gasteiger partial charge in [-0.1, -0.05) is 41.9 Å². The van der Waals surface area contributed by atoms with Crippen molar-refractivity contribution >= 4 is 28.3 Å². The van der Waals surface area contributed by atoms with Gasteiger partial charge in [0.1, 0.15) is 5.01 Å². The lowest BCUT2D eigenvalue weighted by Crippen LogP contribution is -2.43. The first-order valence-corrected chi connectivity index (χ1v) is 10.8. The molecule has 1 saturated heterocycles. The molecule has 150 valence electrons. The molecule has 0 radical (unpaired) electrons. The average Bonchev–Trinajstić information content (AvgIpc) is 3.12. The van der Waals surface area contributed by atoms with E-state index in [1.165, 1.54) is 11.3 Å². The molecule has 7 heteroatoms. The van der Waals surface area contributed by atoms with E-state index in [0.29, 0.717) is 23.8 Å². The quantitative estimate of drug-likeness (QED) is 0.796. The minimum absolute atomic E-state index is 0.00191. The Morgan fingerprint density at radius 2 is 1.96 bits per heavy atom. The van der Waals surface area contributed by atoms with E-state index in [-0.39, 0.29) is 17.7 Å². The first kappa shape index (κ1) is 20.5. The Morgan fingerprint density at radius 1 is 1.21 bits per heavy atom. The topological polar surface area (TPSA) is 75.2 Å². The third kappa shape index (κ3) is 5.16. The lowest BCUT2D eigenvalue weighted by Gasteiger charge is -2.32. The number of benzene rings is 1. The fraction of sp³-hybridized carbons (Fsp3) is 0.524. The monoisotopic (exact) mass is 400 g/mol. The lowest BCUT2D eigenvalue weighted by molar-refractivity contribution is -0.121. The van der Waals surface area contributed by atoms with Crippen LogP contribution in [0.2, 0.25) is 0 Å². The van der Waals surface area contributed by atoms with Crippen molar-refractivity contribution in [1.82, 2.24) is 15.1 Å². The minimum Gasteiger partial charge on any atom is -0.338 e. The van der Waals surface area contributed by atoms with E-state index in [0.717, 1.165) is 48.2 Å². The second-order valence-corrected chi connectivity index (χ2v) is 8.62. The van der Waals surface area contributed by atoms with Crippen molar-refractivity contribution in [2.45, 2.75) is 52.9 Å². The number of carbonyl (C=O) groups excluding carboxylic acids is 2. The third-order valence-corrected chi connectivity index (χ3v) is 5.89. The number of aromatic nitrogens is 2. The first-order chi connectivity index (χ1) is 13.5. The summed E-state index contributed by atoms with van der Waals surface area (Å²) in [5.41, 5.74) is 2.85. The van der Waals surface area contributed by atoms with Crippen LogP contribution in [0.5, 0.6) is 0 Å². The van der Waals surface area contributed by atoms with Crippen LogP contribution in [-0.4, -0.2) is 40.0 Å². The molecule has 1 atom stereocenters. The summed E-state index contributed by atoms with van der Waals surface area (Å²) in [6.45, 7) is 7.26. The normalized spacial score (nSPS) is 16.8. The van der Waals surface area contributed by atoms with E-state index in [1.807, 2.05) is 26.0 Å². The van der Waals surface area contributed by atoms with Crippen molar-refractivity contribution < 1.29 is 9.59 Å². The molecule has 0 bridgehead atoms. The van der Waals surface area contributed by atoms with Gasteiger partial charge in [-0.25, -0.2) is 0 Å². The number of aryl methyl sites for hydroxylation is 3. The first-order valence-electron chi connectivity index (χ1n) is 9.97. The molecule has 1 aliphatic rings. The Kier molecular flexibility index (Phi) is 6.78. The van der Waals surface area contributed by atoms with Gasteiger partial charge in [-0.2, -0.15) is 0 Å². The van der Waals surface area contributed by atoms with Crippen molar-refractivity contribution in [2.24, 2.45) is 5.92 Å². The molecule has 2 aromatic rings. The molecule has 3 rings (SSSR count). The SMILES string of the molecule is CCCCc1nnc(NC(=O)C2CCCN(C(=O)c3cc(C)cc(C)c3)C2)s1. The molecule has 1 aliphatic heterocycles. The van der Waals surface area contributed by atoms with E-state index in [1.54, 1.807) is 4.90 Å². The Labute approximate surface area is 170 Å². The smallest absolute Gasteiger partial charge is 0.253 e.